The highest BCUT2D eigenvalue weighted by atomic mass is 79.9. The van der Waals surface area contributed by atoms with Gasteiger partial charge >= 0.3 is 0 Å². The summed E-state index contributed by atoms with van der Waals surface area (Å²) in [6.07, 6.45) is 3.45. The molecule has 0 aromatic carbocycles. The van der Waals surface area contributed by atoms with Crippen molar-refractivity contribution in [3.63, 3.8) is 0 Å². The van der Waals surface area contributed by atoms with Crippen molar-refractivity contribution in [2.75, 3.05) is 5.33 Å². The first-order valence-electron chi connectivity index (χ1n) is 4.06. The van der Waals surface area contributed by atoms with Crippen LogP contribution in [-0.2, 0) is 4.79 Å². The van der Waals surface area contributed by atoms with Crippen LogP contribution in [0.5, 0.6) is 0 Å². The van der Waals surface area contributed by atoms with Gasteiger partial charge < -0.3 is 5.32 Å². The first-order chi connectivity index (χ1) is 5.20. The molecule has 66 valence electrons. The van der Waals surface area contributed by atoms with Gasteiger partial charge in [0.2, 0.25) is 5.91 Å². The highest BCUT2D eigenvalue weighted by Gasteiger charge is 2.03. The molecule has 11 heavy (non-hydrogen) atoms. The predicted molar refractivity (Wildman–Crippen MR) is 50.9 cm³/mol. The van der Waals surface area contributed by atoms with Gasteiger partial charge in [0.25, 0.3) is 0 Å². The van der Waals surface area contributed by atoms with Gasteiger partial charge in [-0.3, -0.25) is 4.79 Å². The quantitative estimate of drug-likeness (QED) is 0.709. The minimum absolute atomic E-state index is 0.0774. The fourth-order valence-electron chi connectivity index (χ4n) is 0.896. The molecule has 1 N–H and O–H groups in total. The molecular formula is C8H16BrNO. The molecule has 1 atom stereocenters. The average Bonchev–Trinajstić information content (AvgIpc) is 2.00. The van der Waals surface area contributed by atoms with Gasteiger partial charge in [-0.05, 0) is 13.3 Å². The third-order valence-electron chi connectivity index (χ3n) is 1.52. The summed E-state index contributed by atoms with van der Waals surface area (Å²) < 4.78 is 0. The Balaban J connectivity index is 3.35. The zero-order valence-electron chi connectivity index (χ0n) is 7.19. The van der Waals surface area contributed by atoms with Gasteiger partial charge in [0, 0.05) is 6.04 Å². The van der Waals surface area contributed by atoms with Gasteiger partial charge in [-0.25, -0.2) is 0 Å². The molecule has 2 nitrogen and oxygen atoms in total. The van der Waals surface area contributed by atoms with Gasteiger partial charge in [-0.15, -0.1) is 0 Å². The standard InChI is InChI=1S/C8H16BrNO/c1-3-4-5-7(2)10-8(11)6-9/h7H,3-6H2,1-2H3,(H,10,11). The molecule has 0 bridgehead atoms. The monoisotopic (exact) mass is 221 g/mol. The summed E-state index contributed by atoms with van der Waals surface area (Å²) in [5.41, 5.74) is 0. The zero-order valence-corrected chi connectivity index (χ0v) is 8.78. The Morgan fingerprint density at radius 2 is 2.27 bits per heavy atom. The molecule has 0 radical (unpaired) electrons. The molecule has 0 aliphatic carbocycles. The number of carbonyl (C=O) groups excluding carboxylic acids is 1. The van der Waals surface area contributed by atoms with Crippen molar-refractivity contribution in [2.24, 2.45) is 0 Å². The third-order valence-corrected chi connectivity index (χ3v) is 2.03. The fourth-order valence-corrected chi connectivity index (χ4v) is 1.06. The van der Waals surface area contributed by atoms with E-state index in [2.05, 4.69) is 28.2 Å². The maximum absolute atomic E-state index is 10.8. The lowest BCUT2D eigenvalue weighted by Crippen LogP contribution is -2.33. The number of carbonyl (C=O) groups is 1. The molecular weight excluding hydrogens is 206 g/mol. The van der Waals surface area contributed by atoms with Crippen molar-refractivity contribution < 1.29 is 4.79 Å². The van der Waals surface area contributed by atoms with E-state index >= 15 is 0 Å². The van der Waals surface area contributed by atoms with E-state index in [-0.39, 0.29) is 5.91 Å². The molecule has 1 unspecified atom stereocenters. The van der Waals surface area contributed by atoms with Crippen LogP contribution in [0.25, 0.3) is 0 Å². The normalized spacial score (nSPS) is 12.6. The highest BCUT2D eigenvalue weighted by molar-refractivity contribution is 9.09. The van der Waals surface area contributed by atoms with Crippen molar-refractivity contribution in [1.82, 2.24) is 5.32 Å². The first-order valence-corrected chi connectivity index (χ1v) is 5.18. The van der Waals surface area contributed by atoms with Gasteiger partial charge in [0.1, 0.15) is 0 Å². The van der Waals surface area contributed by atoms with E-state index in [0.717, 1.165) is 6.42 Å². The summed E-state index contributed by atoms with van der Waals surface area (Å²) in [6.45, 7) is 4.19. The van der Waals surface area contributed by atoms with Crippen LogP contribution in [0.3, 0.4) is 0 Å². The van der Waals surface area contributed by atoms with E-state index in [1.807, 2.05) is 6.92 Å². The summed E-state index contributed by atoms with van der Waals surface area (Å²) in [7, 11) is 0. The molecule has 0 aromatic heterocycles. The van der Waals surface area contributed by atoms with Gasteiger partial charge in [-0.1, -0.05) is 35.7 Å². The minimum Gasteiger partial charge on any atom is -0.353 e. The number of alkyl halides is 1. The van der Waals surface area contributed by atoms with Crippen LogP contribution in [0.1, 0.15) is 33.1 Å². The molecule has 0 heterocycles. The Morgan fingerprint density at radius 3 is 2.73 bits per heavy atom. The summed E-state index contributed by atoms with van der Waals surface area (Å²) in [6, 6.07) is 0.319. The molecule has 0 spiro atoms. The lowest BCUT2D eigenvalue weighted by molar-refractivity contribution is -0.119. The Labute approximate surface area is 76.9 Å². The van der Waals surface area contributed by atoms with Crippen LogP contribution in [-0.4, -0.2) is 17.3 Å². The summed E-state index contributed by atoms with van der Waals surface area (Å²) in [5.74, 6) is 0.0774. The lowest BCUT2D eigenvalue weighted by atomic mass is 10.1. The lowest BCUT2D eigenvalue weighted by Gasteiger charge is -2.11. The predicted octanol–water partition coefficient (Wildman–Crippen LogP) is 2.08. The Morgan fingerprint density at radius 1 is 1.64 bits per heavy atom. The van der Waals surface area contributed by atoms with Crippen LogP contribution in [0.2, 0.25) is 0 Å². The van der Waals surface area contributed by atoms with Crippen molar-refractivity contribution in [3.8, 4) is 0 Å². The summed E-state index contributed by atoms with van der Waals surface area (Å²) >= 11 is 3.10. The number of hydrogen-bond donors (Lipinski definition) is 1. The number of amides is 1. The maximum Gasteiger partial charge on any atom is 0.230 e. The number of hydrogen-bond acceptors (Lipinski definition) is 1. The Hall–Kier alpha value is -0.0500. The van der Waals surface area contributed by atoms with Crippen molar-refractivity contribution in [2.45, 2.75) is 39.2 Å². The van der Waals surface area contributed by atoms with E-state index in [9.17, 15) is 4.79 Å². The molecule has 0 aromatic rings. The van der Waals surface area contributed by atoms with Crippen LogP contribution in [0, 0.1) is 0 Å². The topological polar surface area (TPSA) is 29.1 Å². The smallest absolute Gasteiger partial charge is 0.230 e. The molecule has 0 fully saturated rings. The molecule has 3 heteroatoms. The Kier molecular flexibility index (Phi) is 6.62. The molecule has 1 amide bonds. The first kappa shape index (κ1) is 11.0. The average molecular weight is 222 g/mol. The minimum atomic E-state index is 0.0774. The molecule has 0 saturated carbocycles. The van der Waals surface area contributed by atoms with Gasteiger partial charge in [-0.2, -0.15) is 0 Å². The second-order valence-corrected chi connectivity index (χ2v) is 3.31. The van der Waals surface area contributed by atoms with Gasteiger partial charge in [0.15, 0.2) is 0 Å². The molecule has 0 saturated heterocycles. The fraction of sp³-hybridized carbons (Fsp3) is 0.875. The van der Waals surface area contributed by atoms with E-state index in [0.29, 0.717) is 11.4 Å². The van der Waals surface area contributed by atoms with Crippen LogP contribution in [0.15, 0.2) is 0 Å². The van der Waals surface area contributed by atoms with E-state index < -0.39 is 0 Å². The van der Waals surface area contributed by atoms with Crippen LogP contribution in [0.4, 0.5) is 0 Å². The second-order valence-electron chi connectivity index (χ2n) is 2.74. The third kappa shape index (κ3) is 6.35. The molecule has 0 aliphatic heterocycles. The second kappa shape index (κ2) is 6.65. The number of rotatable bonds is 5. The summed E-state index contributed by atoms with van der Waals surface area (Å²) in [4.78, 5) is 10.8. The molecule has 0 aliphatic rings. The maximum atomic E-state index is 10.8. The van der Waals surface area contributed by atoms with Crippen molar-refractivity contribution in [3.05, 3.63) is 0 Å². The van der Waals surface area contributed by atoms with Crippen LogP contribution >= 0.6 is 15.9 Å². The van der Waals surface area contributed by atoms with Crippen LogP contribution < -0.4 is 5.32 Å². The highest BCUT2D eigenvalue weighted by Crippen LogP contribution is 1.99. The molecule has 0 rings (SSSR count). The zero-order chi connectivity index (χ0) is 8.69. The summed E-state index contributed by atoms with van der Waals surface area (Å²) in [5, 5.41) is 3.28. The number of nitrogens with one attached hydrogen (secondary N) is 1. The van der Waals surface area contributed by atoms with E-state index in [1.54, 1.807) is 0 Å². The van der Waals surface area contributed by atoms with E-state index in [1.165, 1.54) is 12.8 Å². The SMILES string of the molecule is CCCCC(C)NC(=O)CBr. The number of halogens is 1. The van der Waals surface area contributed by atoms with E-state index in [4.69, 9.17) is 0 Å². The Bertz CT molecular complexity index is 117. The largest absolute Gasteiger partial charge is 0.353 e. The van der Waals surface area contributed by atoms with Crippen molar-refractivity contribution >= 4 is 21.8 Å². The van der Waals surface area contributed by atoms with Crippen molar-refractivity contribution in [1.29, 1.82) is 0 Å². The van der Waals surface area contributed by atoms with Gasteiger partial charge in [0.05, 0.1) is 5.33 Å². The number of unbranched alkanes of at least 4 members (excludes halogenated alkanes) is 1.